The molecule has 23 heavy (non-hydrogen) atoms. The topological polar surface area (TPSA) is 70.2 Å². The van der Waals surface area contributed by atoms with Crippen LogP contribution < -0.4 is 15.5 Å². The van der Waals surface area contributed by atoms with Crippen molar-refractivity contribution in [3.63, 3.8) is 0 Å². The second-order valence-electron chi connectivity index (χ2n) is 5.62. The molecule has 1 fully saturated rings. The van der Waals surface area contributed by atoms with Crippen molar-refractivity contribution in [2.24, 2.45) is 0 Å². The third kappa shape index (κ3) is 3.84. The number of aromatic nitrogens is 2. The van der Waals surface area contributed by atoms with Gasteiger partial charge in [0.1, 0.15) is 11.5 Å². The maximum atomic E-state index is 12.4. The molecule has 3 heterocycles. The van der Waals surface area contributed by atoms with Crippen LogP contribution in [0.3, 0.4) is 0 Å². The van der Waals surface area contributed by atoms with Crippen LogP contribution in [0, 0.1) is 6.92 Å². The molecular formula is C17H21N5O. The van der Waals surface area contributed by atoms with Crippen LogP contribution in [0.2, 0.25) is 0 Å². The van der Waals surface area contributed by atoms with E-state index in [0.717, 1.165) is 49.7 Å². The number of anilines is 2. The Balaban J connectivity index is 1.76. The minimum absolute atomic E-state index is 0.200. The lowest BCUT2D eigenvalue weighted by molar-refractivity contribution is 0.102. The number of pyridine rings is 2. The summed E-state index contributed by atoms with van der Waals surface area (Å²) in [6.07, 6.45) is 4.47. The molecule has 2 aromatic rings. The van der Waals surface area contributed by atoms with E-state index in [1.807, 2.05) is 19.1 Å². The van der Waals surface area contributed by atoms with Crippen LogP contribution in [-0.4, -0.2) is 42.1 Å². The molecule has 0 radical (unpaired) electrons. The standard InChI is InChI=1S/C17H21N5O/c1-13-12-19-8-6-14(13)21-17(23)15-4-2-5-16(20-15)22-10-3-7-18-9-11-22/h2,4-6,8,12,18H,3,7,9-11H2,1H3,(H,19,21,23). The van der Waals surface area contributed by atoms with Gasteiger partial charge in [-0.2, -0.15) is 0 Å². The summed E-state index contributed by atoms with van der Waals surface area (Å²) in [5.74, 6) is 0.655. The van der Waals surface area contributed by atoms with Crippen molar-refractivity contribution in [3.8, 4) is 0 Å². The maximum absolute atomic E-state index is 12.4. The van der Waals surface area contributed by atoms with Crippen molar-refractivity contribution in [2.45, 2.75) is 13.3 Å². The molecule has 3 rings (SSSR count). The molecule has 0 aromatic carbocycles. The molecule has 0 unspecified atom stereocenters. The van der Waals surface area contributed by atoms with Gasteiger partial charge in [0.15, 0.2) is 0 Å². The first-order chi connectivity index (χ1) is 11.2. The molecule has 1 aliphatic heterocycles. The highest BCUT2D eigenvalue weighted by Crippen LogP contribution is 2.16. The summed E-state index contributed by atoms with van der Waals surface area (Å²) in [4.78, 5) is 23.2. The highest BCUT2D eigenvalue weighted by molar-refractivity contribution is 6.03. The van der Waals surface area contributed by atoms with Gasteiger partial charge in [0.2, 0.25) is 0 Å². The lowest BCUT2D eigenvalue weighted by Gasteiger charge is -2.21. The summed E-state index contributed by atoms with van der Waals surface area (Å²) in [6.45, 7) is 5.74. The Bertz CT molecular complexity index is 680. The van der Waals surface area contributed by atoms with E-state index in [2.05, 4.69) is 25.5 Å². The molecule has 1 amide bonds. The third-order valence-electron chi connectivity index (χ3n) is 3.90. The number of carbonyl (C=O) groups excluding carboxylic acids is 1. The van der Waals surface area contributed by atoms with E-state index in [-0.39, 0.29) is 5.91 Å². The fraction of sp³-hybridized carbons (Fsp3) is 0.353. The van der Waals surface area contributed by atoms with Crippen molar-refractivity contribution in [3.05, 3.63) is 47.9 Å². The van der Waals surface area contributed by atoms with Gasteiger partial charge in [-0.1, -0.05) is 6.07 Å². The smallest absolute Gasteiger partial charge is 0.274 e. The molecular weight excluding hydrogens is 290 g/mol. The number of aryl methyl sites for hydroxylation is 1. The second-order valence-corrected chi connectivity index (χ2v) is 5.62. The van der Waals surface area contributed by atoms with Gasteiger partial charge in [-0.3, -0.25) is 9.78 Å². The minimum Gasteiger partial charge on any atom is -0.355 e. The van der Waals surface area contributed by atoms with Crippen molar-refractivity contribution < 1.29 is 4.79 Å². The van der Waals surface area contributed by atoms with Crippen molar-refractivity contribution in [1.82, 2.24) is 15.3 Å². The van der Waals surface area contributed by atoms with Gasteiger partial charge in [0.05, 0.1) is 0 Å². The van der Waals surface area contributed by atoms with Crippen molar-refractivity contribution in [1.29, 1.82) is 0 Å². The molecule has 120 valence electrons. The zero-order valence-electron chi connectivity index (χ0n) is 13.2. The Hall–Kier alpha value is -2.47. The Morgan fingerprint density at radius 3 is 3.04 bits per heavy atom. The van der Waals surface area contributed by atoms with Crippen LogP contribution in [0.4, 0.5) is 11.5 Å². The quantitative estimate of drug-likeness (QED) is 0.905. The number of amides is 1. The molecule has 6 heteroatoms. The van der Waals surface area contributed by atoms with Gasteiger partial charge in [-0.05, 0) is 43.7 Å². The van der Waals surface area contributed by atoms with E-state index in [1.165, 1.54) is 0 Å². The molecule has 0 aliphatic carbocycles. The number of hydrogen-bond acceptors (Lipinski definition) is 5. The average molecular weight is 311 g/mol. The number of carbonyl (C=O) groups is 1. The molecule has 1 aliphatic rings. The SMILES string of the molecule is Cc1cnccc1NC(=O)c1cccc(N2CCCNCC2)n1. The highest BCUT2D eigenvalue weighted by atomic mass is 16.1. The number of rotatable bonds is 3. The molecule has 0 saturated carbocycles. The predicted octanol–water partition coefficient (Wildman–Crippen LogP) is 1.84. The second kappa shape index (κ2) is 7.19. The number of hydrogen-bond donors (Lipinski definition) is 2. The average Bonchev–Trinajstić information content (AvgIpc) is 2.86. The van der Waals surface area contributed by atoms with Gasteiger partial charge < -0.3 is 15.5 Å². The van der Waals surface area contributed by atoms with Crippen molar-refractivity contribution >= 4 is 17.4 Å². The first-order valence-electron chi connectivity index (χ1n) is 7.89. The fourth-order valence-electron chi connectivity index (χ4n) is 2.60. The lowest BCUT2D eigenvalue weighted by Crippen LogP contribution is -2.29. The summed E-state index contributed by atoms with van der Waals surface area (Å²) in [6, 6.07) is 7.37. The van der Waals surface area contributed by atoms with Crippen LogP contribution >= 0.6 is 0 Å². The largest absolute Gasteiger partial charge is 0.355 e. The molecule has 1 saturated heterocycles. The van der Waals surface area contributed by atoms with Gasteiger partial charge in [0, 0.05) is 37.7 Å². The van der Waals surface area contributed by atoms with Gasteiger partial charge >= 0.3 is 0 Å². The molecule has 0 spiro atoms. The summed E-state index contributed by atoms with van der Waals surface area (Å²) in [7, 11) is 0. The first-order valence-corrected chi connectivity index (χ1v) is 7.89. The summed E-state index contributed by atoms with van der Waals surface area (Å²) in [5.41, 5.74) is 2.11. The molecule has 2 aromatic heterocycles. The molecule has 2 N–H and O–H groups in total. The monoisotopic (exact) mass is 311 g/mol. The van der Waals surface area contributed by atoms with Crippen LogP contribution in [0.5, 0.6) is 0 Å². The summed E-state index contributed by atoms with van der Waals surface area (Å²) < 4.78 is 0. The Morgan fingerprint density at radius 2 is 2.17 bits per heavy atom. The first kappa shape index (κ1) is 15.4. The van der Waals surface area contributed by atoms with Crippen molar-refractivity contribution in [2.75, 3.05) is 36.4 Å². The Kier molecular flexibility index (Phi) is 4.83. The normalized spacial score (nSPS) is 15.1. The van der Waals surface area contributed by atoms with Gasteiger partial charge in [0.25, 0.3) is 5.91 Å². The lowest BCUT2D eigenvalue weighted by atomic mass is 10.2. The van der Waals surface area contributed by atoms with Crippen LogP contribution in [-0.2, 0) is 0 Å². The highest BCUT2D eigenvalue weighted by Gasteiger charge is 2.14. The van der Waals surface area contributed by atoms with E-state index in [9.17, 15) is 4.79 Å². The van der Waals surface area contributed by atoms with Gasteiger partial charge in [-0.15, -0.1) is 0 Å². The van der Waals surface area contributed by atoms with E-state index in [4.69, 9.17) is 0 Å². The van der Waals surface area contributed by atoms with E-state index < -0.39 is 0 Å². The van der Waals surface area contributed by atoms with Crippen LogP contribution in [0.25, 0.3) is 0 Å². The zero-order valence-corrected chi connectivity index (χ0v) is 13.2. The van der Waals surface area contributed by atoms with Crippen LogP contribution in [0.1, 0.15) is 22.5 Å². The number of nitrogens with one attached hydrogen (secondary N) is 2. The zero-order chi connectivity index (χ0) is 16.1. The summed E-state index contributed by atoms with van der Waals surface area (Å²) in [5, 5.41) is 6.27. The molecule has 0 atom stereocenters. The minimum atomic E-state index is -0.200. The summed E-state index contributed by atoms with van der Waals surface area (Å²) >= 11 is 0. The van der Waals surface area contributed by atoms with Gasteiger partial charge in [-0.25, -0.2) is 4.98 Å². The van der Waals surface area contributed by atoms with E-state index in [1.54, 1.807) is 24.5 Å². The van der Waals surface area contributed by atoms with Crippen LogP contribution in [0.15, 0.2) is 36.7 Å². The fourth-order valence-corrected chi connectivity index (χ4v) is 2.60. The molecule has 0 bridgehead atoms. The predicted molar refractivity (Wildman–Crippen MR) is 90.9 cm³/mol. The third-order valence-corrected chi connectivity index (χ3v) is 3.90. The molecule has 6 nitrogen and oxygen atoms in total. The Morgan fingerprint density at radius 1 is 1.26 bits per heavy atom. The number of nitrogens with zero attached hydrogens (tertiary/aromatic N) is 3. The van der Waals surface area contributed by atoms with E-state index in [0.29, 0.717) is 5.69 Å². The Labute approximate surface area is 135 Å². The maximum Gasteiger partial charge on any atom is 0.274 e. The van der Waals surface area contributed by atoms with E-state index >= 15 is 0 Å².